The average Bonchev–Trinajstić information content (AvgIpc) is 3.31. The number of ether oxygens (including phenoxy) is 2. The molecular formula is C24H27N5O3. The molecule has 32 heavy (non-hydrogen) atoms. The third-order valence-corrected chi connectivity index (χ3v) is 6.79. The lowest BCUT2D eigenvalue weighted by molar-refractivity contribution is 0.0228. The van der Waals surface area contributed by atoms with Crippen molar-refractivity contribution in [1.29, 1.82) is 0 Å². The molecule has 0 atom stereocenters. The van der Waals surface area contributed by atoms with Crippen LogP contribution in [0.5, 0.6) is 11.8 Å². The van der Waals surface area contributed by atoms with E-state index in [0.29, 0.717) is 24.5 Å². The molecule has 3 aromatic rings. The van der Waals surface area contributed by atoms with Crippen LogP contribution in [0.1, 0.15) is 34.6 Å². The van der Waals surface area contributed by atoms with Gasteiger partial charge in [-0.3, -0.25) is 9.69 Å². The number of nitrogens with zero attached hydrogens (tertiary/aromatic N) is 5. The first-order valence-corrected chi connectivity index (χ1v) is 10.8. The number of piperidine rings is 1. The van der Waals surface area contributed by atoms with Crippen LogP contribution in [-0.2, 0) is 12.1 Å². The minimum atomic E-state index is -0.235. The molecule has 0 N–H and O–H groups in total. The van der Waals surface area contributed by atoms with Crippen molar-refractivity contribution in [2.45, 2.75) is 24.9 Å². The van der Waals surface area contributed by atoms with Gasteiger partial charge in [0.2, 0.25) is 11.8 Å². The van der Waals surface area contributed by atoms with Crippen LogP contribution in [0.25, 0.3) is 5.69 Å². The summed E-state index contributed by atoms with van der Waals surface area (Å²) in [4.78, 5) is 26.6. The number of aromatic nitrogens is 3. The number of rotatable bonds is 3. The molecule has 1 saturated heterocycles. The Morgan fingerprint density at radius 2 is 1.84 bits per heavy atom. The molecule has 0 bridgehead atoms. The normalized spacial score (nSPS) is 17.4. The number of hydrogen-bond acceptors (Lipinski definition) is 6. The lowest BCUT2D eigenvalue weighted by Gasteiger charge is -2.46. The highest BCUT2D eigenvalue weighted by atomic mass is 16.5. The summed E-state index contributed by atoms with van der Waals surface area (Å²) in [6.45, 7) is 2.09. The molecule has 2 aromatic heterocycles. The van der Waals surface area contributed by atoms with Crippen molar-refractivity contribution in [3.8, 4) is 17.4 Å². The fraction of sp³-hybridized carbons (Fsp3) is 0.375. The van der Waals surface area contributed by atoms with Gasteiger partial charge < -0.3 is 18.9 Å². The Bertz CT molecular complexity index is 1150. The number of likely N-dealkylation sites (tertiary alicyclic amines) is 1. The molecule has 0 saturated carbocycles. The molecule has 1 amide bonds. The van der Waals surface area contributed by atoms with Crippen LogP contribution >= 0.6 is 0 Å². The Hall–Kier alpha value is -3.39. The Kier molecular flexibility index (Phi) is 5.09. The molecule has 2 aliphatic heterocycles. The summed E-state index contributed by atoms with van der Waals surface area (Å²) in [5.41, 5.74) is 2.67. The first-order valence-electron chi connectivity index (χ1n) is 10.8. The first kappa shape index (κ1) is 20.5. The van der Waals surface area contributed by atoms with E-state index in [4.69, 9.17) is 14.5 Å². The molecule has 8 nitrogen and oxygen atoms in total. The number of carbonyl (C=O) groups excluding carboxylic acids is 1. The number of benzene rings is 1. The molecule has 0 radical (unpaired) electrons. The van der Waals surface area contributed by atoms with E-state index in [1.165, 1.54) is 18.4 Å². The molecule has 2 aliphatic rings. The maximum Gasteiger partial charge on any atom is 0.259 e. The number of amides is 1. The maximum atomic E-state index is 13.3. The SMILES string of the molecule is COc1ccc(C(=O)N2CCC3(CC2)c2nccn2-c2ccccc2CN3C)c(OC)n1. The van der Waals surface area contributed by atoms with Crippen molar-refractivity contribution in [3.63, 3.8) is 0 Å². The van der Waals surface area contributed by atoms with Gasteiger partial charge in [0, 0.05) is 38.1 Å². The molecule has 1 spiro atoms. The molecule has 1 aromatic carbocycles. The average molecular weight is 434 g/mol. The maximum absolute atomic E-state index is 13.3. The summed E-state index contributed by atoms with van der Waals surface area (Å²) in [7, 11) is 5.22. The minimum absolute atomic E-state index is 0.0743. The second kappa shape index (κ2) is 7.94. The van der Waals surface area contributed by atoms with E-state index in [9.17, 15) is 4.79 Å². The van der Waals surface area contributed by atoms with E-state index in [1.807, 2.05) is 17.3 Å². The lowest BCUT2D eigenvalue weighted by atomic mass is 9.84. The largest absolute Gasteiger partial charge is 0.481 e. The number of para-hydroxylation sites is 1. The van der Waals surface area contributed by atoms with Gasteiger partial charge in [0.25, 0.3) is 5.91 Å². The predicted octanol–water partition coefficient (Wildman–Crippen LogP) is 2.86. The number of carbonyl (C=O) groups is 1. The summed E-state index contributed by atoms with van der Waals surface area (Å²) in [6, 6.07) is 11.9. The number of fused-ring (bicyclic) bond motifs is 4. The fourth-order valence-electron chi connectivity index (χ4n) is 5.01. The Morgan fingerprint density at radius 1 is 1.06 bits per heavy atom. The molecule has 8 heteroatoms. The van der Waals surface area contributed by atoms with E-state index in [1.54, 1.807) is 19.2 Å². The zero-order chi connectivity index (χ0) is 22.3. The zero-order valence-corrected chi connectivity index (χ0v) is 18.6. The van der Waals surface area contributed by atoms with Crippen molar-refractivity contribution in [2.24, 2.45) is 0 Å². The van der Waals surface area contributed by atoms with Gasteiger partial charge in [0.1, 0.15) is 11.4 Å². The van der Waals surface area contributed by atoms with Crippen molar-refractivity contribution in [3.05, 3.63) is 65.7 Å². The molecule has 4 heterocycles. The minimum Gasteiger partial charge on any atom is -0.481 e. The molecule has 5 rings (SSSR count). The zero-order valence-electron chi connectivity index (χ0n) is 18.6. The number of methoxy groups -OCH3 is 2. The summed E-state index contributed by atoms with van der Waals surface area (Å²) >= 11 is 0. The number of imidazole rings is 1. The Balaban J connectivity index is 1.43. The fourth-order valence-corrected chi connectivity index (χ4v) is 5.01. The monoisotopic (exact) mass is 433 g/mol. The van der Waals surface area contributed by atoms with Crippen molar-refractivity contribution < 1.29 is 14.3 Å². The number of hydrogen-bond donors (Lipinski definition) is 0. The summed E-state index contributed by atoms with van der Waals surface area (Å²) in [5, 5.41) is 0. The molecule has 1 fully saturated rings. The van der Waals surface area contributed by atoms with Gasteiger partial charge in [0.05, 0.1) is 25.4 Å². The quantitative estimate of drug-likeness (QED) is 0.633. The van der Waals surface area contributed by atoms with E-state index in [2.05, 4.69) is 45.8 Å². The second-order valence-corrected chi connectivity index (χ2v) is 8.34. The highest BCUT2D eigenvalue weighted by Crippen LogP contribution is 2.42. The van der Waals surface area contributed by atoms with E-state index in [0.717, 1.165) is 25.2 Å². The molecule has 0 aliphatic carbocycles. The number of pyridine rings is 1. The van der Waals surface area contributed by atoms with Gasteiger partial charge in [-0.05, 0) is 37.6 Å². The van der Waals surface area contributed by atoms with Crippen molar-refractivity contribution >= 4 is 5.91 Å². The van der Waals surface area contributed by atoms with Gasteiger partial charge in [-0.25, -0.2) is 4.98 Å². The Labute approximate surface area is 187 Å². The third kappa shape index (κ3) is 3.14. The second-order valence-electron chi connectivity index (χ2n) is 8.34. The van der Waals surface area contributed by atoms with Gasteiger partial charge in [-0.1, -0.05) is 18.2 Å². The van der Waals surface area contributed by atoms with Crippen molar-refractivity contribution in [2.75, 3.05) is 34.4 Å². The summed E-state index contributed by atoms with van der Waals surface area (Å²) in [6.07, 6.45) is 5.51. The van der Waals surface area contributed by atoms with Crippen LogP contribution in [0.15, 0.2) is 48.8 Å². The Morgan fingerprint density at radius 3 is 2.59 bits per heavy atom. The van der Waals surface area contributed by atoms with Gasteiger partial charge in [0.15, 0.2) is 0 Å². The van der Waals surface area contributed by atoms with Gasteiger partial charge in [-0.2, -0.15) is 4.98 Å². The van der Waals surface area contributed by atoms with Gasteiger partial charge >= 0.3 is 0 Å². The molecule has 0 unspecified atom stereocenters. The van der Waals surface area contributed by atoms with Gasteiger partial charge in [-0.15, -0.1) is 0 Å². The first-order chi connectivity index (χ1) is 15.6. The molecule has 166 valence electrons. The summed E-state index contributed by atoms with van der Waals surface area (Å²) in [5.74, 6) is 1.67. The highest BCUT2D eigenvalue weighted by molar-refractivity contribution is 5.96. The van der Waals surface area contributed by atoms with Crippen LogP contribution in [0.3, 0.4) is 0 Å². The van der Waals surface area contributed by atoms with Crippen molar-refractivity contribution in [1.82, 2.24) is 24.3 Å². The van der Waals surface area contributed by atoms with Crippen LogP contribution in [0.4, 0.5) is 0 Å². The lowest BCUT2D eigenvalue weighted by Crippen LogP contribution is -2.53. The van der Waals surface area contributed by atoms with E-state index >= 15 is 0 Å². The molecular weight excluding hydrogens is 406 g/mol. The van der Waals surface area contributed by atoms with Crippen LogP contribution < -0.4 is 9.47 Å². The topological polar surface area (TPSA) is 72.7 Å². The van der Waals surface area contributed by atoms with E-state index < -0.39 is 0 Å². The van der Waals surface area contributed by atoms with E-state index in [-0.39, 0.29) is 17.3 Å². The predicted molar refractivity (Wildman–Crippen MR) is 119 cm³/mol. The smallest absolute Gasteiger partial charge is 0.259 e. The van der Waals surface area contributed by atoms with Crippen LogP contribution in [0.2, 0.25) is 0 Å². The third-order valence-electron chi connectivity index (χ3n) is 6.79. The standard InChI is InChI=1S/C24H27N5O3/c1-27-16-17-6-4-5-7-19(17)29-15-12-25-23(29)24(27)10-13-28(14-11-24)22(30)18-8-9-20(31-2)26-21(18)32-3/h4-9,12,15H,10-11,13-14,16H2,1-3H3. The van der Waals surface area contributed by atoms with Crippen LogP contribution in [0, 0.1) is 0 Å². The highest BCUT2D eigenvalue weighted by Gasteiger charge is 2.45. The van der Waals surface area contributed by atoms with Crippen LogP contribution in [-0.4, -0.2) is 64.6 Å². The summed E-state index contributed by atoms with van der Waals surface area (Å²) < 4.78 is 12.7.